The first kappa shape index (κ1) is 16.8. The van der Waals surface area contributed by atoms with Crippen molar-refractivity contribution >= 4 is 29.2 Å². The average molecular weight is 335 g/mol. The first-order chi connectivity index (χ1) is 11.0. The Balaban J connectivity index is 2.11. The Labute approximate surface area is 138 Å². The van der Waals surface area contributed by atoms with Crippen molar-refractivity contribution < 1.29 is 19.1 Å². The summed E-state index contributed by atoms with van der Waals surface area (Å²) in [5.74, 6) is -0.264. The lowest BCUT2D eigenvalue weighted by Gasteiger charge is -2.10. The maximum Gasteiger partial charge on any atom is 0.356 e. The molecule has 0 aliphatic heterocycles. The largest absolute Gasteiger partial charge is 0.496 e. The van der Waals surface area contributed by atoms with Crippen molar-refractivity contribution in [1.82, 2.24) is 4.98 Å². The lowest BCUT2D eigenvalue weighted by molar-refractivity contribution is -0.115. The molecule has 0 radical (unpaired) electrons. The number of rotatable bonds is 5. The van der Waals surface area contributed by atoms with Crippen LogP contribution in [0.1, 0.15) is 16.1 Å². The molecule has 2 rings (SSSR count). The highest BCUT2D eigenvalue weighted by Gasteiger charge is 2.12. The van der Waals surface area contributed by atoms with Gasteiger partial charge >= 0.3 is 5.97 Å². The number of pyridine rings is 1. The van der Waals surface area contributed by atoms with E-state index in [9.17, 15) is 9.59 Å². The fourth-order valence-electron chi connectivity index (χ4n) is 1.99. The summed E-state index contributed by atoms with van der Waals surface area (Å²) in [6.07, 6.45) is 1.50. The van der Waals surface area contributed by atoms with E-state index in [1.807, 2.05) is 0 Å². The first-order valence-corrected chi connectivity index (χ1v) is 7.08. The van der Waals surface area contributed by atoms with E-state index in [1.165, 1.54) is 26.5 Å². The molecule has 0 spiro atoms. The van der Waals surface area contributed by atoms with Crippen LogP contribution in [0.25, 0.3) is 0 Å². The van der Waals surface area contributed by atoms with Crippen molar-refractivity contribution in [2.24, 2.45) is 0 Å². The number of benzene rings is 1. The van der Waals surface area contributed by atoms with E-state index in [0.717, 1.165) is 0 Å². The molecule has 0 saturated carbocycles. The number of nitrogens with zero attached hydrogens (tertiary/aromatic N) is 1. The molecule has 0 bridgehead atoms. The lowest BCUT2D eigenvalue weighted by Crippen LogP contribution is -2.15. The van der Waals surface area contributed by atoms with Gasteiger partial charge < -0.3 is 14.8 Å². The predicted molar refractivity (Wildman–Crippen MR) is 85.9 cm³/mol. The number of esters is 1. The highest BCUT2D eigenvalue weighted by Crippen LogP contribution is 2.23. The Bertz CT molecular complexity index is 734. The molecule has 23 heavy (non-hydrogen) atoms. The number of nitrogens with one attached hydrogen (secondary N) is 1. The number of ether oxygens (including phenoxy) is 2. The zero-order chi connectivity index (χ0) is 16.8. The van der Waals surface area contributed by atoms with Crippen molar-refractivity contribution in [2.75, 3.05) is 19.5 Å². The van der Waals surface area contributed by atoms with Crippen LogP contribution in [0.15, 0.2) is 36.5 Å². The van der Waals surface area contributed by atoms with Crippen molar-refractivity contribution in [1.29, 1.82) is 0 Å². The predicted octanol–water partition coefficient (Wildman–Crippen LogP) is 2.71. The molecule has 0 unspecified atom stereocenters. The summed E-state index contributed by atoms with van der Waals surface area (Å²) >= 11 is 5.94. The van der Waals surface area contributed by atoms with Gasteiger partial charge in [-0.1, -0.05) is 11.6 Å². The molecule has 1 aromatic heterocycles. The Morgan fingerprint density at radius 2 is 2.00 bits per heavy atom. The molecule has 7 heteroatoms. The average Bonchev–Trinajstić information content (AvgIpc) is 2.54. The van der Waals surface area contributed by atoms with Gasteiger partial charge in [-0.25, -0.2) is 9.78 Å². The molecule has 1 N–H and O–H groups in total. The van der Waals surface area contributed by atoms with Crippen LogP contribution in [0.5, 0.6) is 5.75 Å². The van der Waals surface area contributed by atoms with Crippen LogP contribution < -0.4 is 10.1 Å². The van der Waals surface area contributed by atoms with Crippen molar-refractivity contribution in [3.63, 3.8) is 0 Å². The van der Waals surface area contributed by atoms with Crippen LogP contribution in [-0.4, -0.2) is 31.1 Å². The van der Waals surface area contributed by atoms with Crippen LogP contribution in [0, 0.1) is 0 Å². The summed E-state index contributed by atoms with van der Waals surface area (Å²) < 4.78 is 9.80. The zero-order valence-corrected chi connectivity index (χ0v) is 13.4. The number of hydrogen-bond acceptors (Lipinski definition) is 5. The maximum atomic E-state index is 12.2. The number of amides is 1. The minimum atomic E-state index is -0.572. The quantitative estimate of drug-likeness (QED) is 0.851. The Hall–Kier alpha value is -2.60. The standard InChI is InChI=1S/C16H15ClN2O4/c1-22-14-4-3-11(17)7-10(14)8-15(20)19-12-5-6-18-13(9-12)16(21)23-2/h3-7,9H,8H2,1-2H3,(H,18,19,20). The van der Waals surface area contributed by atoms with Crippen LogP contribution in [0.2, 0.25) is 5.02 Å². The van der Waals surface area contributed by atoms with Gasteiger partial charge in [-0.05, 0) is 30.3 Å². The summed E-state index contributed by atoms with van der Waals surface area (Å²) in [6, 6.07) is 8.09. The van der Waals surface area contributed by atoms with Crippen LogP contribution in [0.3, 0.4) is 0 Å². The second-order valence-corrected chi connectivity index (χ2v) is 5.04. The molecule has 120 valence electrons. The summed E-state index contributed by atoms with van der Waals surface area (Å²) in [4.78, 5) is 27.5. The number of anilines is 1. The summed E-state index contributed by atoms with van der Waals surface area (Å²) in [5.41, 5.74) is 1.23. The lowest BCUT2D eigenvalue weighted by atomic mass is 10.1. The second-order valence-electron chi connectivity index (χ2n) is 4.60. The van der Waals surface area contributed by atoms with Gasteiger partial charge in [0.25, 0.3) is 0 Å². The van der Waals surface area contributed by atoms with Gasteiger partial charge in [-0.3, -0.25) is 4.79 Å². The second kappa shape index (κ2) is 7.60. The third-order valence-corrected chi connectivity index (χ3v) is 3.27. The van der Waals surface area contributed by atoms with E-state index < -0.39 is 5.97 Å². The van der Waals surface area contributed by atoms with Crippen LogP contribution >= 0.6 is 11.6 Å². The molecule has 0 fully saturated rings. The van der Waals surface area contributed by atoms with Gasteiger partial charge in [0.15, 0.2) is 0 Å². The molecule has 1 heterocycles. The minimum Gasteiger partial charge on any atom is -0.496 e. The van der Waals surface area contributed by atoms with Crippen molar-refractivity contribution in [3.05, 3.63) is 52.8 Å². The van der Waals surface area contributed by atoms with Gasteiger partial charge in [0.05, 0.1) is 20.6 Å². The Kier molecular flexibility index (Phi) is 5.54. The zero-order valence-electron chi connectivity index (χ0n) is 12.6. The molecule has 1 amide bonds. The van der Waals surface area contributed by atoms with E-state index in [0.29, 0.717) is 22.0 Å². The maximum absolute atomic E-state index is 12.2. The number of carbonyl (C=O) groups excluding carboxylic acids is 2. The van der Waals surface area contributed by atoms with E-state index in [4.69, 9.17) is 16.3 Å². The van der Waals surface area contributed by atoms with Crippen LogP contribution in [-0.2, 0) is 16.0 Å². The minimum absolute atomic E-state index is 0.0830. The topological polar surface area (TPSA) is 77.5 Å². The normalized spacial score (nSPS) is 10.0. The highest BCUT2D eigenvalue weighted by atomic mass is 35.5. The first-order valence-electron chi connectivity index (χ1n) is 6.70. The highest BCUT2D eigenvalue weighted by molar-refractivity contribution is 6.30. The van der Waals surface area contributed by atoms with E-state index in [1.54, 1.807) is 24.3 Å². The van der Waals surface area contributed by atoms with Crippen molar-refractivity contribution in [3.8, 4) is 5.75 Å². The molecule has 2 aromatic rings. The van der Waals surface area contributed by atoms with Gasteiger partial charge in [0.2, 0.25) is 5.91 Å². The molecule has 0 atom stereocenters. The van der Waals surface area contributed by atoms with Crippen molar-refractivity contribution in [2.45, 2.75) is 6.42 Å². The number of halogens is 1. The van der Waals surface area contributed by atoms with Gasteiger partial charge in [-0.15, -0.1) is 0 Å². The molecular weight excluding hydrogens is 320 g/mol. The van der Waals surface area contributed by atoms with Gasteiger partial charge in [0.1, 0.15) is 11.4 Å². The van der Waals surface area contributed by atoms with Gasteiger partial charge in [-0.2, -0.15) is 0 Å². The fourth-order valence-corrected chi connectivity index (χ4v) is 2.18. The number of aromatic nitrogens is 1. The number of carbonyl (C=O) groups is 2. The third-order valence-electron chi connectivity index (χ3n) is 3.03. The number of hydrogen-bond donors (Lipinski definition) is 1. The Morgan fingerprint density at radius 1 is 1.22 bits per heavy atom. The third kappa shape index (κ3) is 4.43. The molecule has 0 aliphatic carbocycles. The molecular formula is C16H15ClN2O4. The Morgan fingerprint density at radius 3 is 2.70 bits per heavy atom. The summed E-state index contributed by atoms with van der Waals surface area (Å²) in [5, 5.41) is 3.21. The smallest absolute Gasteiger partial charge is 0.356 e. The summed E-state index contributed by atoms with van der Waals surface area (Å²) in [7, 11) is 2.79. The molecule has 1 aromatic carbocycles. The molecule has 0 aliphatic rings. The summed E-state index contributed by atoms with van der Waals surface area (Å²) in [6.45, 7) is 0. The molecule has 6 nitrogen and oxygen atoms in total. The monoisotopic (exact) mass is 334 g/mol. The molecule has 0 saturated heterocycles. The van der Waals surface area contributed by atoms with E-state index >= 15 is 0 Å². The van der Waals surface area contributed by atoms with E-state index in [-0.39, 0.29) is 18.0 Å². The fraction of sp³-hybridized carbons (Fsp3) is 0.188. The number of methoxy groups -OCH3 is 2. The van der Waals surface area contributed by atoms with Crippen LogP contribution in [0.4, 0.5) is 5.69 Å². The van der Waals surface area contributed by atoms with Gasteiger partial charge in [0, 0.05) is 22.5 Å². The van der Waals surface area contributed by atoms with E-state index in [2.05, 4.69) is 15.0 Å². The SMILES string of the molecule is COC(=O)c1cc(NC(=O)Cc2cc(Cl)ccc2OC)ccn1.